The number of fused-ring (bicyclic) bond motifs is 1. The highest BCUT2D eigenvalue weighted by Crippen LogP contribution is 2.23. The molecule has 76 valence electrons. The van der Waals surface area contributed by atoms with Crippen molar-refractivity contribution in [3.05, 3.63) is 34.9 Å². The quantitative estimate of drug-likeness (QED) is 0.628. The predicted octanol–water partition coefficient (Wildman–Crippen LogP) is 3.91. The molecule has 0 unspecified atom stereocenters. The van der Waals surface area contributed by atoms with Crippen LogP contribution in [0.25, 0.3) is 0 Å². The zero-order valence-electron chi connectivity index (χ0n) is 9.18. The van der Waals surface area contributed by atoms with Gasteiger partial charge >= 0.3 is 0 Å². The van der Waals surface area contributed by atoms with Gasteiger partial charge in [0.2, 0.25) is 0 Å². The van der Waals surface area contributed by atoms with Crippen LogP contribution in [0, 0.1) is 0 Å². The Bertz CT molecular complexity index is 299. The van der Waals surface area contributed by atoms with Crippen molar-refractivity contribution >= 4 is 0 Å². The molecule has 0 aliphatic heterocycles. The van der Waals surface area contributed by atoms with Crippen LogP contribution >= 0.6 is 0 Å². The van der Waals surface area contributed by atoms with Crippen LogP contribution in [0.2, 0.25) is 0 Å². The van der Waals surface area contributed by atoms with Gasteiger partial charge in [0.05, 0.1) is 0 Å². The Kier molecular flexibility index (Phi) is 3.23. The summed E-state index contributed by atoms with van der Waals surface area (Å²) in [5.41, 5.74) is 4.78. The molecular formula is C14H20. The summed E-state index contributed by atoms with van der Waals surface area (Å²) in [5.74, 6) is 0. The van der Waals surface area contributed by atoms with Gasteiger partial charge in [-0.3, -0.25) is 0 Å². The third-order valence-electron chi connectivity index (χ3n) is 3.23. The lowest BCUT2D eigenvalue weighted by atomic mass is 10.0. The summed E-state index contributed by atoms with van der Waals surface area (Å²) in [7, 11) is 0. The van der Waals surface area contributed by atoms with Gasteiger partial charge in [-0.25, -0.2) is 0 Å². The molecule has 0 fully saturated rings. The average molecular weight is 188 g/mol. The number of unbranched alkanes of at least 4 members (excludes halogenated alkanes) is 2. The highest BCUT2D eigenvalue weighted by molar-refractivity contribution is 5.35. The Morgan fingerprint density at radius 3 is 2.79 bits per heavy atom. The van der Waals surface area contributed by atoms with Gasteiger partial charge in [-0.05, 0) is 48.8 Å². The SMILES string of the molecule is CCCCCc1ccc2c(c1)CCC2. The Morgan fingerprint density at radius 1 is 1.07 bits per heavy atom. The topological polar surface area (TPSA) is 0 Å². The van der Waals surface area contributed by atoms with Gasteiger partial charge in [0.25, 0.3) is 0 Å². The molecule has 0 heterocycles. The second-order valence-electron chi connectivity index (χ2n) is 4.41. The minimum Gasteiger partial charge on any atom is -0.0654 e. The van der Waals surface area contributed by atoms with Crippen LogP contribution in [0.3, 0.4) is 0 Å². The first-order valence-electron chi connectivity index (χ1n) is 6.01. The van der Waals surface area contributed by atoms with E-state index in [4.69, 9.17) is 0 Å². The number of benzene rings is 1. The minimum absolute atomic E-state index is 1.28. The van der Waals surface area contributed by atoms with E-state index in [1.54, 1.807) is 16.7 Å². The molecule has 1 aliphatic rings. The largest absolute Gasteiger partial charge is 0.0654 e. The maximum atomic E-state index is 2.44. The van der Waals surface area contributed by atoms with E-state index >= 15 is 0 Å². The molecular weight excluding hydrogens is 168 g/mol. The minimum atomic E-state index is 1.28. The molecule has 0 atom stereocenters. The first-order valence-corrected chi connectivity index (χ1v) is 6.01. The monoisotopic (exact) mass is 188 g/mol. The summed E-state index contributed by atoms with van der Waals surface area (Å²) < 4.78 is 0. The summed E-state index contributed by atoms with van der Waals surface area (Å²) in [6, 6.07) is 7.13. The van der Waals surface area contributed by atoms with Gasteiger partial charge in [0, 0.05) is 0 Å². The van der Waals surface area contributed by atoms with E-state index in [0.717, 1.165) is 0 Å². The fourth-order valence-corrected chi connectivity index (χ4v) is 2.36. The van der Waals surface area contributed by atoms with Gasteiger partial charge in [-0.1, -0.05) is 38.0 Å². The molecule has 0 bridgehead atoms. The lowest BCUT2D eigenvalue weighted by Crippen LogP contribution is -1.89. The molecule has 0 spiro atoms. The number of hydrogen-bond acceptors (Lipinski definition) is 0. The normalized spacial score (nSPS) is 14.4. The second-order valence-corrected chi connectivity index (χ2v) is 4.41. The molecule has 1 aliphatic carbocycles. The van der Waals surface area contributed by atoms with Crippen LogP contribution in [0.15, 0.2) is 18.2 Å². The third kappa shape index (κ3) is 2.17. The first kappa shape index (κ1) is 9.76. The molecule has 0 N–H and O–H groups in total. The van der Waals surface area contributed by atoms with E-state index in [1.165, 1.54) is 44.9 Å². The molecule has 0 radical (unpaired) electrons. The molecule has 0 heteroatoms. The second kappa shape index (κ2) is 4.63. The summed E-state index contributed by atoms with van der Waals surface area (Å²) >= 11 is 0. The van der Waals surface area contributed by atoms with E-state index in [9.17, 15) is 0 Å². The Morgan fingerprint density at radius 2 is 1.93 bits per heavy atom. The summed E-state index contributed by atoms with van der Waals surface area (Å²) in [4.78, 5) is 0. The van der Waals surface area contributed by atoms with E-state index in [1.807, 2.05) is 0 Å². The molecule has 0 saturated heterocycles. The van der Waals surface area contributed by atoms with Gasteiger partial charge < -0.3 is 0 Å². The van der Waals surface area contributed by atoms with Crippen LogP contribution in [0.5, 0.6) is 0 Å². The van der Waals surface area contributed by atoms with Crippen LogP contribution in [-0.4, -0.2) is 0 Å². The van der Waals surface area contributed by atoms with Crippen LogP contribution in [0.1, 0.15) is 49.3 Å². The molecule has 0 saturated carbocycles. The fourth-order valence-electron chi connectivity index (χ4n) is 2.36. The van der Waals surface area contributed by atoms with Crippen LogP contribution in [0.4, 0.5) is 0 Å². The van der Waals surface area contributed by atoms with Crippen molar-refractivity contribution in [3.8, 4) is 0 Å². The maximum absolute atomic E-state index is 2.44. The summed E-state index contributed by atoms with van der Waals surface area (Å²) in [5, 5.41) is 0. The lowest BCUT2D eigenvalue weighted by molar-refractivity contribution is 0.717. The molecule has 0 nitrogen and oxygen atoms in total. The molecule has 1 aromatic rings. The molecule has 1 aromatic carbocycles. The fraction of sp³-hybridized carbons (Fsp3) is 0.571. The number of aryl methyl sites for hydroxylation is 3. The standard InChI is InChI=1S/C14H20/c1-2-3-4-6-12-9-10-13-7-5-8-14(13)11-12/h9-11H,2-8H2,1H3. The Labute approximate surface area is 87.3 Å². The van der Waals surface area contributed by atoms with Crippen molar-refractivity contribution in [1.82, 2.24) is 0 Å². The van der Waals surface area contributed by atoms with Gasteiger partial charge in [-0.15, -0.1) is 0 Å². The zero-order valence-corrected chi connectivity index (χ0v) is 9.18. The molecule has 2 rings (SSSR count). The van der Waals surface area contributed by atoms with Crippen molar-refractivity contribution in [3.63, 3.8) is 0 Å². The van der Waals surface area contributed by atoms with Crippen molar-refractivity contribution in [2.45, 2.75) is 51.9 Å². The van der Waals surface area contributed by atoms with Gasteiger partial charge in [0.15, 0.2) is 0 Å². The number of hydrogen-bond donors (Lipinski definition) is 0. The van der Waals surface area contributed by atoms with E-state index in [2.05, 4.69) is 25.1 Å². The van der Waals surface area contributed by atoms with E-state index in [0.29, 0.717) is 0 Å². The smallest absolute Gasteiger partial charge is 0.0273 e. The highest BCUT2D eigenvalue weighted by Gasteiger charge is 2.10. The Balaban J connectivity index is 1.98. The predicted molar refractivity (Wildman–Crippen MR) is 61.7 cm³/mol. The number of rotatable bonds is 4. The lowest BCUT2D eigenvalue weighted by Gasteiger charge is -2.04. The van der Waals surface area contributed by atoms with Crippen molar-refractivity contribution in [2.75, 3.05) is 0 Å². The highest BCUT2D eigenvalue weighted by atomic mass is 14.1. The van der Waals surface area contributed by atoms with Crippen LogP contribution in [-0.2, 0) is 19.3 Å². The average Bonchev–Trinajstić information content (AvgIpc) is 2.65. The van der Waals surface area contributed by atoms with Crippen molar-refractivity contribution in [1.29, 1.82) is 0 Å². The summed E-state index contributed by atoms with van der Waals surface area (Å²) in [6.07, 6.45) is 9.33. The third-order valence-corrected chi connectivity index (χ3v) is 3.23. The molecule has 0 aromatic heterocycles. The van der Waals surface area contributed by atoms with Crippen LogP contribution < -0.4 is 0 Å². The van der Waals surface area contributed by atoms with Crippen molar-refractivity contribution in [2.24, 2.45) is 0 Å². The van der Waals surface area contributed by atoms with Crippen molar-refractivity contribution < 1.29 is 0 Å². The Hall–Kier alpha value is -0.780. The molecule has 14 heavy (non-hydrogen) atoms. The summed E-state index contributed by atoms with van der Waals surface area (Å²) in [6.45, 7) is 2.27. The first-order chi connectivity index (χ1) is 6.90. The van der Waals surface area contributed by atoms with E-state index in [-0.39, 0.29) is 0 Å². The van der Waals surface area contributed by atoms with Gasteiger partial charge in [-0.2, -0.15) is 0 Å². The molecule has 0 amide bonds. The maximum Gasteiger partial charge on any atom is -0.0273 e. The van der Waals surface area contributed by atoms with E-state index < -0.39 is 0 Å². The zero-order chi connectivity index (χ0) is 9.80. The van der Waals surface area contributed by atoms with Gasteiger partial charge in [0.1, 0.15) is 0 Å².